The fraction of sp³-hybridized carbons (Fsp3) is 0.211. The number of carbonyl (C=O) groups excluding carboxylic acids is 1. The molecular formula is C19H20N6OS. The molecule has 8 heteroatoms. The van der Waals surface area contributed by atoms with Gasteiger partial charge in [-0.25, -0.2) is 4.98 Å². The molecule has 2 aromatic carbocycles. The molecule has 1 N–H and O–H groups in total. The van der Waals surface area contributed by atoms with Crippen LogP contribution in [0.25, 0.3) is 11.0 Å². The number of thioether (sulfide) groups is 1. The number of amides is 1. The standard InChI is InChI=1S/C19H20N6OS/c1-23-18(27-12-17(26)21-14-8-4-3-5-9-14)22-24(2)19(23)25-13-20-15-10-6-7-11-16(15)25/h3-11,13,19H,12H2,1-2H3,(H,21,26). The van der Waals surface area contributed by atoms with Gasteiger partial charge in [0.05, 0.1) is 23.1 Å². The molecule has 1 aromatic heterocycles. The van der Waals surface area contributed by atoms with Crippen LogP contribution in [-0.2, 0) is 4.79 Å². The van der Waals surface area contributed by atoms with Crippen LogP contribution < -0.4 is 5.32 Å². The molecule has 0 fully saturated rings. The number of nitrogens with one attached hydrogen (secondary N) is 1. The second-order valence-corrected chi connectivity index (χ2v) is 7.20. The molecule has 0 bridgehead atoms. The van der Waals surface area contributed by atoms with E-state index in [-0.39, 0.29) is 12.2 Å². The van der Waals surface area contributed by atoms with Gasteiger partial charge in [-0.1, -0.05) is 42.1 Å². The fourth-order valence-corrected chi connectivity index (χ4v) is 3.93. The van der Waals surface area contributed by atoms with Gasteiger partial charge in [-0.3, -0.25) is 14.4 Å². The number of rotatable bonds is 4. The van der Waals surface area contributed by atoms with E-state index in [1.807, 2.05) is 80.0 Å². The lowest BCUT2D eigenvalue weighted by Gasteiger charge is -2.27. The number of nitrogens with zero attached hydrogens (tertiary/aromatic N) is 5. The number of benzene rings is 2. The van der Waals surface area contributed by atoms with E-state index in [2.05, 4.69) is 24.9 Å². The van der Waals surface area contributed by atoms with Crippen molar-refractivity contribution in [3.63, 3.8) is 0 Å². The molecule has 1 amide bonds. The molecule has 0 saturated heterocycles. The van der Waals surface area contributed by atoms with E-state index < -0.39 is 0 Å². The maximum absolute atomic E-state index is 12.2. The van der Waals surface area contributed by atoms with Crippen LogP contribution in [0.2, 0.25) is 0 Å². The van der Waals surface area contributed by atoms with E-state index in [4.69, 9.17) is 0 Å². The van der Waals surface area contributed by atoms with Gasteiger partial charge in [0, 0.05) is 19.8 Å². The highest BCUT2D eigenvalue weighted by Crippen LogP contribution is 2.30. The first kappa shape index (κ1) is 17.4. The number of hydrogen-bond acceptors (Lipinski definition) is 6. The molecule has 4 rings (SSSR count). The van der Waals surface area contributed by atoms with Crippen molar-refractivity contribution >= 4 is 39.6 Å². The van der Waals surface area contributed by atoms with Crippen LogP contribution in [-0.4, -0.2) is 50.4 Å². The Morgan fingerprint density at radius 3 is 2.67 bits per heavy atom. The molecule has 1 aliphatic rings. The van der Waals surface area contributed by atoms with E-state index in [1.165, 1.54) is 11.8 Å². The highest BCUT2D eigenvalue weighted by molar-refractivity contribution is 8.14. The van der Waals surface area contributed by atoms with E-state index in [1.54, 1.807) is 0 Å². The maximum Gasteiger partial charge on any atom is 0.234 e. The minimum absolute atomic E-state index is 0.0542. The van der Waals surface area contributed by atoms with Gasteiger partial charge in [0.1, 0.15) is 0 Å². The van der Waals surface area contributed by atoms with Crippen molar-refractivity contribution < 1.29 is 4.79 Å². The van der Waals surface area contributed by atoms with Gasteiger partial charge in [-0.05, 0) is 24.3 Å². The Kier molecular flexibility index (Phi) is 4.72. The highest BCUT2D eigenvalue weighted by Gasteiger charge is 2.31. The van der Waals surface area contributed by atoms with Crippen LogP contribution in [0.1, 0.15) is 6.29 Å². The van der Waals surface area contributed by atoms with Gasteiger partial charge in [0.25, 0.3) is 0 Å². The zero-order valence-corrected chi connectivity index (χ0v) is 15.9. The van der Waals surface area contributed by atoms with Crippen LogP contribution in [0.15, 0.2) is 66.0 Å². The van der Waals surface area contributed by atoms with Crippen LogP contribution >= 0.6 is 11.8 Å². The second-order valence-electron chi connectivity index (χ2n) is 6.26. The molecule has 0 radical (unpaired) electrons. The summed E-state index contributed by atoms with van der Waals surface area (Å²) < 4.78 is 2.08. The molecular weight excluding hydrogens is 360 g/mol. The predicted molar refractivity (Wildman–Crippen MR) is 109 cm³/mol. The Morgan fingerprint density at radius 2 is 1.85 bits per heavy atom. The summed E-state index contributed by atoms with van der Waals surface area (Å²) in [4.78, 5) is 18.7. The van der Waals surface area contributed by atoms with E-state index in [0.29, 0.717) is 5.75 Å². The smallest absolute Gasteiger partial charge is 0.234 e. The van der Waals surface area contributed by atoms with Crippen molar-refractivity contribution in [3.8, 4) is 0 Å². The van der Waals surface area contributed by atoms with Gasteiger partial charge < -0.3 is 10.2 Å². The summed E-state index contributed by atoms with van der Waals surface area (Å²) in [6.45, 7) is 0. The average Bonchev–Trinajstić information content (AvgIpc) is 3.21. The van der Waals surface area contributed by atoms with Gasteiger partial charge in [0.2, 0.25) is 12.2 Å². The molecule has 1 aliphatic heterocycles. The Bertz CT molecular complexity index is 986. The monoisotopic (exact) mass is 380 g/mol. The quantitative estimate of drug-likeness (QED) is 0.754. The van der Waals surface area contributed by atoms with Crippen molar-refractivity contribution in [1.82, 2.24) is 19.5 Å². The molecule has 138 valence electrons. The number of hydrazone groups is 1. The summed E-state index contributed by atoms with van der Waals surface area (Å²) in [5.41, 5.74) is 2.79. The van der Waals surface area contributed by atoms with Crippen LogP contribution in [0.3, 0.4) is 0 Å². The SMILES string of the molecule is CN1N=C(SCC(=O)Nc2ccccc2)N(C)C1n1cnc2ccccc21. The van der Waals surface area contributed by atoms with Gasteiger partial charge in [0.15, 0.2) is 5.17 Å². The number of para-hydroxylation sites is 3. The number of imidazole rings is 1. The lowest BCUT2D eigenvalue weighted by atomic mass is 10.3. The van der Waals surface area contributed by atoms with Crippen molar-refractivity contribution in [2.24, 2.45) is 5.10 Å². The van der Waals surface area contributed by atoms with E-state index in [0.717, 1.165) is 21.9 Å². The molecule has 0 aliphatic carbocycles. The number of amidine groups is 1. The highest BCUT2D eigenvalue weighted by atomic mass is 32.2. The number of hydrogen-bond donors (Lipinski definition) is 1. The predicted octanol–water partition coefficient (Wildman–Crippen LogP) is 3.01. The normalized spacial score (nSPS) is 16.7. The second kappa shape index (κ2) is 7.32. The minimum atomic E-state index is -0.114. The lowest BCUT2D eigenvalue weighted by molar-refractivity contribution is -0.113. The van der Waals surface area contributed by atoms with Crippen molar-refractivity contribution in [3.05, 3.63) is 60.9 Å². The van der Waals surface area contributed by atoms with Crippen molar-refractivity contribution in [2.45, 2.75) is 6.29 Å². The first-order valence-corrected chi connectivity index (χ1v) is 9.55. The van der Waals surface area contributed by atoms with Crippen LogP contribution in [0, 0.1) is 0 Å². The molecule has 1 unspecified atom stereocenters. The summed E-state index contributed by atoms with van der Waals surface area (Å²) in [5.74, 6) is 0.241. The number of anilines is 1. The third-order valence-corrected chi connectivity index (χ3v) is 5.38. The summed E-state index contributed by atoms with van der Waals surface area (Å²) in [7, 11) is 3.90. The molecule has 27 heavy (non-hydrogen) atoms. The van der Waals surface area contributed by atoms with E-state index in [9.17, 15) is 4.79 Å². The van der Waals surface area contributed by atoms with Gasteiger partial charge >= 0.3 is 0 Å². The van der Waals surface area contributed by atoms with Crippen molar-refractivity contribution in [2.75, 3.05) is 25.2 Å². The first-order chi connectivity index (χ1) is 13.1. The Labute approximate surface area is 161 Å². The van der Waals surface area contributed by atoms with Crippen LogP contribution in [0.5, 0.6) is 0 Å². The average molecular weight is 380 g/mol. The van der Waals surface area contributed by atoms with Gasteiger partial charge in [-0.15, -0.1) is 5.10 Å². The Balaban J connectivity index is 1.43. The first-order valence-electron chi connectivity index (χ1n) is 8.57. The molecule has 7 nitrogen and oxygen atoms in total. The lowest BCUT2D eigenvalue weighted by Crippen LogP contribution is -2.34. The third-order valence-electron chi connectivity index (χ3n) is 4.35. The Hall–Kier alpha value is -3.00. The van der Waals surface area contributed by atoms with Gasteiger partial charge in [-0.2, -0.15) is 0 Å². The molecule has 2 heterocycles. The zero-order chi connectivity index (χ0) is 18.8. The van der Waals surface area contributed by atoms with E-state index >= 15 is 0 Å². The van der Waals surface area contributed by atoms with Crippen molar-refractivity contribution in [1.29, 1.82) is 0 Å². The largest absolute Gasteiger partial charge is 0.325 e. The molecule has 3 aromatic rings. The molecule has 0 spiro atoms. The summed E-state index contributed by atoms with van der Waals surface area (Å²) in [6.07, 6.45) is 1.71. The Morgan fingerprint density at radius 1 is 1.11 bits per heavy atom. The number of fused-ring (bicyclic) bond motifs is 1. The minimum Gasteiger partial charge on any atom is -0.325 e. The summed E-state index contributed by atoms with van der Waals surface area (Å²) >= 11 is 1.42. The fourth-order valence-electron chi connectivity index (χ4n) is 3.11. The molecule has 1 atom stereocenters. The summed E-state index contributed by atoms with van der Waals surface area (Å²) in [6, 6.07) is 17.5. The maximum atomic E-state index is 12.2. The zero-order valence-electron chi connectivity index (χ0n) is 15.1. The van der Waals surface area contributed by atoms with Crippen LogP contribution in [0.4, 0.5) is 5.69 Å². The number of aromatic nitrogens is 2. The summed E-state index contributed by atoms with van der Waals surface area (Å²) in [5, 5.41) is 10.2. The topological polar surface area (TPSA) is 65.8 Å². The number of carbonyl (C=O) groups is 1. The third kappa shape index (κ3) is 3.48. The molecule has 0 saturated carbocycles.